The van der Waals surface area contributed by atoms with Crippen LogP contribution in [0.2, 0.25) is 5.02 Å². The van der Waals surface area contributed by atoms with Gasteiger partial charge in [0.15, 0.2) is 5.69 Å². The first-order chi connectivity index (χ1) is 17.0. The molecule has 3 aliphatic rings. The predicted octanol–water partition coefficient (Wildman–Crippen LogP) is 3.22. The van der Waals surface area contributed by atoms with Crippen LogP contribution in [0.5, 0.6) is 0 Å². The van der Waals surface area contributed by atoms with Crippen molar-refractivity contribution in [3.05, 3.63) is 82.1 Å². The molecule has 1 atom stereocenters. The van der Waals surface area contributed by atoms with Crippen LogP contribution in [0.1, 0.15) is 46.3 Å². The standard InChI is InChI=1S/C26H26ClN5O3/c27-20-8-6-18(7-9-20)22-16-32-21(17-35-22)23(28-29-32)24(33)30-12-14-31(15-13-30)25(34)26(10-11-26)19-4-2-1-3-5-19/h1-9,22H,10-17H2. The molecule has 9 heteroatoms. The second-order valence-electron chi connectivity index (χ2n) is 9.45. The zero-order valence-electron chi connectivity index (χ0n) is 19.3. The molecular formula is C26H26ClN5O3. The van der Waals surface area contributed by atoms with E-state index in [1.165, 1.54) is 0 Å². The lowest BCUT2D eigenvalue weighted by molar-refractivity contribution is -0.135. The molecule has 3 heterocycles. The predicted molar refractivity (Wildman–Crippen MR) is 129 cm³/mol. The van der Waals surface area contributed by atoms with Crippen molar-refractivity contribution in [3.8, 4) is 0 Å². The number of amides is 2. The summed E-state index contributed by atoms with van der Waals surface area (Å²) in [5, 5.41) is 9.10. The zero-order valence-corrected chi connectivity index (χ0v) is 20.0. The van der Waals surface area contributed by atoms with E-state index in [0.29, 0.717) is 49.1 Å². The van der Waals surface area contributed by atoms with Crippen LogP contribution in [0.4, 0.5) is 0 Å². The third-order valence-electron chi connectivity index (χ3n) is 7.38. The molecule has 0 radical (unpaired) electrons. The number of carbonyl (C=O) groups is 2. The van der Waals surface area contributed by atoms with E-state index in [-0.39, 0.29) is 29.9 Å². The third-order valence-corrected chi connectivity index (χ3v) is 7.63. The number of halogens is 1. The first-order valence-corrected chi connectivity index (χ1v) is 12.4. The van der Waals surface area contributed by atoms with Gasteiger partial charge in [0.25, 0.3) is 5.91 Å². The fourth-order valence-corrected chi connectivity index (χ4v) is 5.26. The number of benzene rings is 2. The van der Waals surface area contributed by atoms with Crippen LogP contribution in [-0.2, 0) is 28.1 Å². The van der Waals surface area contributed by atoms with Gasteiger partial charge in [0.05, 0.1) is 24.3 Å². The van der Waals surface area contributed by atoms with E-state index in [1.54, 1.807) is 9.58 Å². The first-order valence-electron chi connectivity index (χ1n) is 12.0. The van der Waals surface area contributed by atoms with E-state index in [1.807, 2.05) is 59.5 Å². The van der Waals surface area contributed by atoms with Gasteiger partial charge >= 0.3 is 0 Å². The van der Waals surface area contributed by atoms with Gasteiger partial charge in [0.2, 0.25) is 5.91 Å². The summed E-state index contributed by atoms with van der Waals surface area (Å²) in [7, 11) is 0. The van der Waals surface area contributed by atoms with Gasteiger partial charge < -0.3 is 14.5 Å². The molecule has 2 aromatic carbocycles. The summed E-state index contributed by atoms with van der Waals surface area (Å²) in [5.74, 6) is 0.0227. The molecule has 35 heavy (non-hydrogen) atoms. The van der Waals surface area contributed by atoms with E-state index in [4.69, 9.17) is 16.3 Å². The SMILES string of the molecule is O=C(c1nnn2c1COC(c1ccc(Cl)cc1)C2)N1CCN(C(=O)C2(c3ccccc3)CC2)CC1. The molecule has 2 fully saturated rings. The summed E-state index contributed by atoms with van der Waals surface area (Å²) >= 11 is 5.99. The Morgan fingerprint density at radius 2 is 1.63 bits per heavy atom. The zero-order chi connectivity index (χ0) is 24.0. The van der Waals surface area contributed by atoms with Gasteiger partial charge in [0.1, 0.15) is 6.10 Å². The number of ether oxygens (including phenoxy) is 1. The number of nitrogens with zero attached hydrogens (tertiary/aromatic N) is 5. The highest BCUT2D eigenvalue weighted by molar-refractivity contribution is 6.30. The van der Waals surface area contributed by atoms with Gasteiger partial charge in [-0.25, -0.2) is 4.68 Å². The summed E-state index contributed by atoms with van der Waals surface area (Å²) in [6.45, 7) is 2.77. The van der Waals surface area contributed by atoms with Crippen molar-refractivity contribution >= 4 is 23.4 Å². The van der Waals surface area contributed by atoms with E-state index in [2.05, 4.69) is 10.3 Å². The number of hydrogen-bond donors (Lipinski definition) is 0. The summed E-state index contributed by atoms with van der Waals surface area (Å²) < 4.78 is 7.79. The molecule has 1 aliphatic carbocycles. The highest BCUT2D eigenvalue weighted by Gasteiger charge is 2.53. The molecule has 6 rings (SSSR count). The molecule has 3 aromatic rings. The molecule has 8 nitrogen and oxygen atoms in total. The Labute approximate surface area is 208 Å². The minimum Gasteiger partial charge on any atom is -0.365 e. The molecule has 1 aromatic heterocycles. The van der Waals surface area contributed by atoms with Crippen molar-refractivity contribution in [1.29, 1.82) is 0 Å². The summed E-state index contributed by atoms with van der Waals surface area (Å²) in [6, 6.07) is 17.6. The van der Waals surface area contributed by atoms with Crippen molar-refractivity contribution < 1.29 is 14.3 Å². The molecule has 180 valence electrons. The molecular weight excluding hydrogens is 466 g/mol. The normalized spacial score (nSPS) is 20.9. The second kappa shape index (κ2) is 8.77. The van der Waals surface area contributed by atoms with Crippen molar-refractivity contribution in [2.24, 2.45) is 0 Å². The van der Waals surface area contributed by atoms with Gasteiger partial charge in [-0.1, -0.05) is 59.3 Å². The highest BCUT2D eigenvalue weighted by Crippen LogP contribution is 2.49. The van der Waals surface area contributed by atoms with Crippen LogP contribution in [0.15, 0.2) is 54.6 Å². The summed E-state index contributed by atoms with van der Waals surface area (Å²) in [4.78, 5) is 30.3. The van der Waals surface area contributed by atoms with Crippen molar-refractivity contribution in [2.75, 3.05) is 26.2 Å². The first kappa shape index (κ1) is 22.2. The van der Waals surface area contributed by atoms with Crippen LogP contribution < -0.4 is 0 Å². The van der Waals surface area contributed by atoms with Gasteiger partial charge in [0, 0.05) is 31.2 Å². The van der Waals surface area contributed by atoms with Gasteiger partial charge in [-0.2, -0.15) is 0 Å². The smallest absolute Gasteiger partial charge is 0.276 e. The maximum absolute atomic E-state index is 13.3. The average molecular weight is 492 g/mol. The number of fused-ring (bicyclic) bond motifs is 1. The van der Waals surface area contributed by atoms with Gasteiger partial charge in [-0.05, 0) is 36.1 Å². The molecule has 0 spiro atoms. The van der Waals surface area contributed by atoms with Gasteiger partial charge in [-0.3, -0.25) is 9.59 Å². The van der Waals surface area contributed by atoms with Crippen molar-refractivity contribution in [2.45, 2.75) is 37.5 Å². The molecule has 1 saturated heterocycles. The van der Waals surface area contributed by atoms with Gasteiger partial charge in [-0.15, -0.1) is 5.10 Å². The van der Waals surface area contributed by atoms with Crippen molar-refractivity contribution in [1.82, 2.24) is 24.8 Å². The third kappa shape index (κ3) is 4.00. The van der Waals surface area contributed by atoms with E-state index >= 15 is 0 Å². The topological polar surface area (TPSA) is 80.6 Å². The Morgan fingerprint density at radius 1 is 0.943 bits per heavy atom. The van der Waals surface area contributed by atoms with Crippen LogP contribution in [0, 0.1) is 0 Å². The molecule has 1 unspecified atom stereocenters. The maximum atomic E-state index is 13.3. The summed E-state index contributed by atoms with van der Waals surface area (Å²) in [5.41, 5.74) is 2.75. The molecule has 2 amide bonds. The van der Waals surface area contributed by atoms with Crippen molar-refractivity contribution in [3.63, 3.8) is 0 Å². The minimum absolute atomic E-state index is 0.156. The Balaban J connectivity index is 1.10. The Bertz CT molecular complexity index is 1250. The molecule has 0 N–H and O–H groups in total. The fraction of sp³-hybridized carbons (Fsp3) is 0.385. The fourth-order valence-electron chi connectivity index (χ4n) is 5.13. The molecule has 1 saturated carbocycles. The van der Waals surface area contributed by atoms with Crippen LogP contribution >= 0.6 is 11.6 Å². The van der Waals surface area contributed by atoms with E-state index in [9.17, 15) is 9.59 Å². The Hall–Kier alpha value is -3.23. The van der Waals surface area contributed by atoms with Crippen LogP contribution in [0.25, 0.3) is 0 Å². The lowest BCUT2D eigenvalue weighted by Crippen LogP contribution is -2.53. The lowest BCUT2D eigenvalue weighted by Gasteiger charge is -2.36. The molecule has 0 bridgehead atoms. The average Bonchev–Trinajstić information content (AvgIpc) is 3.62. The Kier molecular flexibility index (Phi) is 5.57. The second-order valence-corrected chi connectivity index (χ2v) is 9.89. The lowest BCUT2D eigenvalue weighted by atomic mass is 9.94. The monoisotopic (exact) mass is 491 g/mol. The number of carbonyl (C=O) groups excluding carboxylic acids is 2. The number of aromatic nitrogens is 3. The summed E-state index contributed by atoms with van der Waals surface area (Å²) in [6.07, 6.45) is 1.61. The minimum atomic E-state index is -0.377. The largest absolute Gasteiger partial charge is 0.365 e. The van der Waals surface area contributed by atoms with Crippen LogP contribution in [-0.4, -0.2) is 62.8 Å². The maximum Gasteiger partial charge on any atom is 0.276 e. The van der Waals surface area contributed by atoms with Crippen LogP contribution in [0.3, 0.4) is 0 Å². The number of rotatable bonds is 4. The number of piperazine rings is 1. The number of hydrogen-bond acceptors (Lipinski definition) is 5. The van der Waals surface area contributed by atoms with E-state index < -0.39 is 0 Å². The molecule has 2 aliphatic heterocycles. The Morgan fingerprint density at radius 3 is 2.31 bits per heavy atom. The van der Waals surface area contributed by atoms with E-state index in [0.717, 1.165) is 24.0 Å². The quantitative estimate of drug-likeness (QED) is 0.560. The highest BCUT2D eigenvalue weighted by atomic mass is 35.5.